The van der Waals surface area contributed by atoms with Crippen LogP contribution in [-0.4, -0.2) is 56.8 Å². The highest BCUT2D eigenvalue weighted by atomic mass is 35.5. The van der Waals surface area contributed by atoms with Crippen molar-refractivity contribution in [3.05, 3.63) is 71.4 Å². The van der Waals surface area contributed by atoms with Gasteiger partial charge in [0.2, 0.25) is 0 Å². The van der Waals surface area contributed by atoms with Gasteiger partial charge in [-0.25, -0.2) is 19.6 Å². The first-order chi connectivity index (χ1) is 17.2. The number of aromatic nitrogens is 2. The highest BCUT2D eigenvalue weighted by Gasteiger charge is 2.35. The monoisotopic (exact) mass is 578 g/mol. The van der Waals surface area contributed by atoms with E-state index in [2.05, 4.69) is 27.4 Å². The van der Waals surface area contributed by atoms with Crippen LogP contribution in [0.25, 0.3) is 16.6 Å². The summed E-state index contributed by atoms with van der Waals surface area (Å²) < 4.78 is 5.71. The smallest absolute Gasteiger partial charge is 0.416 e. The van der Waals surface area contributed by atoms with E-state index in [-0.39, 0.29) is 30.9 Å². The van der Waals surface area contributed by atoms with Crippen LogP contribution in [0.15, 0.2) is 60.1 Å². The van der Waals surface area contributed by atoms with Gasteiger partial charge in [-0.05, 0) is 51.0 Å². The molecule has 2 aromatic heterocycles. The lowest BCUT2D eigenvalue weighted by molar-refractivity contribution is -0.131. The number of ether oxygens (including phenoxy) is 1. The Morgan fingerprint density at radius 1 is 1.18 bits per heavy atom. The maximum absolute atomic E-state index is 13.2. The van der Waals surface area contributed by atoms with Crippen molar-refractivity contribution in [2.75, 3.05) is 18.0 Å². The molecule has 204 valence electrons. The van der Waals surface area contributed by atoms with Gasteiger partial charge >= 0.3 is 12.1 Å². The zero-order valence-electron chi connectivity index (χ0n) is 21.4. The van der Waals surface area contributed by atoms with Crippen molar-refractivity contribution in [1.82, 2.24) is 14.9 Å². The third-order valence-electron chi connectivity index (χ3n) is 5.60. The fourth-order valence-electron chi connectivity index (χ4n) is 4.04. The van der Waals surface area contributed by atoms with Crippen molar-refractivity contribution in [2.45, 2.75) is 45.4 Å². The Kier molecular flexibility index (Phi) is 11.3. The number of carbonyl (C=O) groups excluding carboxylic acids is 1. The molecule has 1 aliphatic rings. The molecule has 1 saturated heterocycles. The number of carboxylic acid groups (broad SMARTS) is 1. The molecule has 3 aromatic rings. The maximum atomic E-state index is 13.2. The molecule has 1 fully saturated rings. The van der Waals surface area contributed by atoms with Crippen LogP contribution in [0.1, 0.15) is 38.4 Å². The molecule has 1 amide bonds. The Morgan fingerprint density at radius 2 is 1.92 bits per heavy atom. The van der Waals surface area contributed by atoms with E-state index in [0.717, 1.165) is 35.3 Å². The molecule has 0 radical (unpaired) electrons. The van der Waals surface area contributed by atoms with Gasteiger partial charge in [0, 0.05) is 42.9 Å². The van der Waals surface area contributed by atoms with Crippen molar-refractivity contribution in [1.29, 1.82) is 0 Å². The van der Waals surface area contributed by atoms with E-state index in [1.807, 2.05) is 39.0 Å². The largest absolute Gasteiger partial charge is 0.478 e. The number of carbonyl (C=O) groups is 2. The zero-order chi connectivity index (χ0) is 25.7. The highest BCUT2D eigenvalue weighted by Crippen LogP contribution is 2.28. The first kappa shape index (κ1) is 31.2. The molecular weight excluding hydrogens is 547 g/mol. The molecule has 1 N–H and O–H groups in total. The minimum absolute atomic E-state index is 0. The summed E-state index contributed by atoms with van der Waals surface area (Å²) >= 11 is 1.63. The Balaban J connectivity index is 0.00000253. The summed E-state index contributed by atoms with van der Waals surface area (Å²) in [6, 6.07) is 13.5. The number of amides is 1. The summed E-state index contributed by atoms with van der Waals surface area (Å²) in [5.74, 6) is -0.555. The average Bonchev–Trinajstić information content (AvgIpc) is 3.48. The van der Waals surface area contributed by atoms with Gasteiger partial charge in [-0.3, -0.25) is 9.80 Å². The van der Waals surface area contributed by atoms with E-state index < -0.39 is 17.7 Å². The van der Waals surface area contributed by atoms with Crippen LogP contribution in [0, 0.1) is 0 Å². The summed E-state index contributed by atoms with van der Waals surface area (Å²) in [5.41, 5.74) is 2.11. The minimum atomic E-state index is -1.03. The molecule has 0 bridgehead atoms. The number of halogens is 2. The Hall–Kier alpha value is -2.98. The van der Waals surface area contributed by atoms with Gasteiger partial charge in [0.1, 0.15) is 16.4 Å². The number of anilines is 1. The van der Waals surface area contributed by atoms with Gasteiger partial charge in [-0.1, -0.05) is 30.3 Å². The second-order valence-electron chi connectivity index (χ2n) is 9.66. The molecule has 11 heteroatoms. The van der Waals surface area contributed by atoms with Crippen molar-refractivity contribution in [3.63, 3.8) is 0 Å². The van der Waals surface area contributed by atoms with Gasteiger partial charge in [0.25, 0.3) is 0 Å². The normalized spacial score (nSPS) is 15.5. The van der Waals surface area contributed by atoms with E-state index in [1.54, 1.807) is 34.6 Å². The number of benzene rings is 1. The van der Waals surface area contributed by atoms with E-state index in [0.29, 0.717) is 24.5 Å². The maximum Gasteiger partial charge on any atom is 0.416 e. The second-order valence-corrected chi connectivity index (χ2v) is 10.5. The first-order valence-electron chi connectivity index (χ1n) is 11.8. The summed E-state index contributed by atoms with van der Waals surface area (Å²) in [6.07, 6.45) is 4.40. The van der Waals surface area contributed by atoms with Crippen molar-refractivity contribution < 1.29 is 19.4 Å². The number of pyridine rings is 1. The predicted molar refractivity (Wildman–Crippen MR) is 155 cm³/mol. The second kappa shape index (κ2) is 13.7. The van der Waals surface area contributed by atoms with Gasteiger partial charge in [0.15, 0.2) is 0 Å². The predicted octanol–water partition coefficient (Wildman–Crippen LogP) is 6.16. The van der Waals surface area contributed by atoms with E-state index >= 15 is 0 Å². The van der Waals surface area contributed by atoms with Crippen molar-refractivity contribution in [3.8, 4) is 10.6 Å². The lowest BCUT2D eigenvalue weighted by Crippen LogP contribution is -2.45. The standard InChI is InChI=1S/C27H30N4O4S.2ClH/c1-27(2,3)35-26(34)31(23-11-9-19(15-28-23)10-12-24(32)33)22-13-14-30(17-22)16-21-18-36-25(29-21)20-7-5-4-6-8-20;;/h4-12,15,18,22H,13-14,16-17H2,1-3H3,(H,32,33);2*1H/b12-10+;;/t22-;;/m1../s1. The fourth-order valence-corrected chi connectivity index (χ4v) is 4.85. The third kappa shape index (κ3) is 8.52. The highest BCUT2D eigenvalue weighted by molar-refractivity contribution is 7.13. The molecule has 0 unspecified atom stereocenters. The van der Waals surface area contributed by atoms with Gasteiger partial charge < -0.3 is 9.84 Å². The molecule has 0 aliphatic carbocycles. The average molecular weight is 580 g/mol. The third-order valence-corrected chi connectivity index (χ3v) is 6.54. The number of nitrogens with zero attached hydrogens (tertiary/aromatic N) is 4. The van der Waals surface area contributed by atoms with Crippen molar-refractivity contribution in [2.24, 2.45) is 0 Å². The Morgan fingerprint density at radius 3 is 2.55 bits per heavy atom. The summed E-state index contributed by atoms with van der Waals surface area (Å²) in [5, 5.41) is 11.9. The molecule has 1 aromatic carbocycles. The van der Waals surface area contributed by atoms with Crippen molar-refractivity contribution >= 4 is 60.1 Å². The lowest BCUT2D eigenvalue weighted by atomic mass is 10.2. The quantitative estimate of drug-likeness (QED) is 0.335. The molecule has 1 atom stereocenters. The van der Waals surface area contributed by atoms with Crippen LogP contribution in [0.2, 0.25) is 0 Å². The molecule has 1 aliphatic heterocycles. The van der Waals surface area contributed by atoms with Gasteiger partial charge in [0.05, 0.1) is 11.7 Å². The molecule has 3 heterocycles. The molecule has 0 spiro atoms. The van der Waals surface area contributed by atoms with Crippen LogP contribution in [0.5, 0.6) is 0 Å². The number of aliphatic carboxylic acids is 1. The molecule has 0 saturated carbocycles. The topological polar surface area (TPSA) is 95.9 Å². The number of thiazole rings is 1. The van der Waals surface area contributed by atoms with E-state index in [4.69, 9.17) is 14.8 Å². The summed E-state index contributed by atoms with van der Waals surface area (Å²) in [4.78, 5) is 37.2. The Bertz CT molecular complexity index is 1230. The van der Waals surface area contributed by atoms with E-state index in [9.17, 15) is 9.59 Å². The van der Waals surface area contributed by atoms with E-state index in [1.165, 1.54) is 6.08 Å². The number of hydrogen-bond acceptors (Lipinski definition) is 7. The van der Waals surface area contributed by atoms with Crippen LogP contribution in [0.3, 0.4) is 0 Å². The summed E-state index contributed by atoms with van der Waals surface area (Å²) in [6.45, 7) is 7.70. The minimum Gasteiger partial charge on any atom is -0.478 e. The summed E-state index contributed by atoms with van der Waals surface area (Å²) in [7, 11) is 0. The Labute approximate surface area is 239 Å². The lowest BCUT2D eigenvalue weighted by Gasteiger charge is -2.31. The first-order valence-corrected chi connectivity index (χ1v) is 12.7. The number of rotatable bonds is 7. The number of carboxylic acids is 1. The fraction of sp³-hybridized carbons (Fsp3) is 0.333. The molecule has 8 nitrogen and oxygen atoms in total. The van der Waals surface area contributed by atoms with Crippen LogP contribution >= 0.6 is 36.2 Å². The van der Waals surface area contributed by atoms with Gasteiger partial charge in [-0.2, -0.15) is 0 Å². The van der Waals surface area contributed by atoms with Crippen LogP contribution < -0.4 is 4.90 Å². The number of likely N-dealkylation sites (tertiary alicyclic amines) is 1. The zero-order valence-corrected chi connectivity index (χ0v) is 23.9. The number of hydrogen-bond donors (Lipinski definition) is 1. The molecular formula is C27H32Cl2N4O4S. The SMILES string of the molecule is CC(C)(C)OC(=O)N(c1ccc(/C=C/C(=O)O)cn1)[C@@H]1CCN(Cc2csc(-c3ccccc3)n2)C1.Cl.Cl. The van der Waals surface area contributed by atoms with Gasteiger partial charge in [-0.15, -0.1) is 36.2 Å². The molecule has 4 rings (SSSR count). The van der Waals surface area contributed by atoms with Crippen LogP contribution in [-0.2, 0) is 16.1 Å². The molecule has 38 heavy (non-hydrogen) atoms. The van der Waals surface area contributed by atoms with Crippen LogP contribution in [0.4, 0.5) is 10.6 Å².